The Morgan fingerprint density at radius 3 is 2.32 bits per heavy atom. The van der Waals surface area contributed by atoms with E-state index in [1.165, 1.54) is 11.3 Å². The molecule has 1 aliphatic heterocycles. The zero-order chi connectivity index (χ0) is 36.4. The standard InChI is InChI=1S/C37H48N6O6S/c1-22(2)17-29(41-36(48)32(23(3)4)42-31(44)21-49-27-14-10-13-26(19-27)43(5)6)35(47)40-28(18-25-15-16-38-34(25)46)33(45)37-39-20-30(50-37)24-11-8-7-9-12-24/h7-14,19-20,22-23,25,28-29,32H,15-18,21H2,1-6H3,(H,38,46)(H,40,47)(H,41,48)(H,42,44)/t25-,28-,29-,32-/m1/s1. The average Bonchev–Trinajstić information content (AvgIpc) is 3.74. The summed E-state index contributed by atoms with van der Waals surface area (Å²) in [6.45, 7) is 7.62. The van der Waals surface area contributed by atoms with Crippen LogP contribution in [0.25, 0.3) is 10.4 Å². The zero-order valence-corrected chi connectivity index (χ0v) is 30.3. The van der Waals surface area contributed by atoms with Gasteiger partial charge in [-0.15, -0.1) is 11.3 Å². The number of carbonyl (C=O) groups excluding carboxylic acids is 5. The fourth-order valence-corrected chi connectivity index (χ4v) is 6.56. The lowest BCUT2D eigenvalue weighted by atomic mass is 9.95. The predicted molar refractivity (Wildman–Crippen MR) is 194 cm³/mol. The van der Waals surface area contributed by atoms with Crippen molar-refractivity contribution in [2.24, 2.45) is 17.8 Å². The molecule has 4 rings (SSSR count). The molecule has 4 amide bonds. The Morgan fingerprint density at radius 2 is 1.68 bits per heavy atom. The highest BCUT2D eigenvalue weighted by molar-refractivity contribution is 7.17. The SMILES string of the molecule is CC(C)C[C@@H](NC(=O)[C@H](NC(=O)COc1cccc(N(C)C)c1)C(C)C)C(=O)N[C@H](C[C@H]1CCNC1=O)C(=O)c1ncc(-c2ccccc2)s1. The molecule has 3 aromatic rings. The number of hydrogen-bond donors (Lipinski definition) is 4. The topological polar surface area (TPSA) is 159 Å². The van der Waals surface area contributed by atoms with Gasteiger partial charge in [0.2, 0.25) is 23.5 Å². The molecule has 0 radical (unpaired) electrons. The zero-order valence-electron chi connectivity index (χ0n) is 29.5. The van der Waals surface area contributed by atoms with Crippen molar-refractivity contribution in [3.63, 3.8) is 0 Å². The van der Waals surface area contributed by atoms with E-state index >= 15 is 0 Å². The molecule has 1 aromatic heterocycles. The number of ketones is 1. The second-order valence-electron chi connectivity index (χ2n) is 13.5. The van der Waals surface area contributed by atoms with Gasteiger partial charge in [-0.25, -0.2) is 4.98 Å². The Morgan fingerprint density at radius 1 is 0.960 bits per heavy atom. The lowest BCUT2D eigenvalue weighted by molar-refractivity contribution is -0.134. The van der Waals surface area contributed by atoms with Gasteiger partial charge < -0.3 is 30.9 Å². The summed E-state index contributed by atoms with van der Waals surface area (Å²) in [5, 5.41) is 11.4. The third kappa shape index (κ3) is 10.6. The van der Waals surface area contributed by atoms with Crippen molar-refractivity contribution in [1.82, 2.24) is 26.3 Å². The highest BCUT2D eigenvalue weighted by Gasteiger charge is 2.36. The number of nitrogens with zero attached hydrogens (tertiary/aromatic N) is 2. The Bertz CT molecular complexity index is 1640. The van der Waals surface area contributed by atoms with E-state index in [0.717, 1.165) is 16.1 Å². The molecular weight excluding hydrogens is 657 g/mol. The Kier molecular flexibility index (Phi) is 13.5. The number of Topliss-reactive ketones (excluding diaryl/α,β-unsaturated/α-hetero) is 1. The van der Waals surface area contributed by atoms with E-state index in [1.807, 2.05) is 81.4 Å². The van der Waals surface area contributed by atoms with Crippen LogP contribution in [0.5, 0.6) is 5.75 Å². The third-order valence-corrected chi connectivity index (χ3v) is 9.46. The summed E-state index contributed by atoms with van der Waals surface area (Å²) in [6.07, 6.45) is 2.55. The van der Waals surface area contributed by atoms with Gasteiger partial charge in [-0.2, -0.15) is 0 Å². The van der Waals surface area contributed by atoms with Crippen molar-refractivity contribution >= 4 is 46.4 Å². The van der Waals surface area contributed by atoms with Gasteiger partial charge in [0.25, 0.3) is 5.91 Å². The summed E-state index contributed by atoms with van der Waals surface area (Å²) >= 11 is 1.22. The lowest BCUT2D eigenvalue weighted by Crippen LogP contribution is -2.57. The monoisotopic (exact) mass is 704 g/mol. The third-order valence-electron chi connectivity index (χ3n) is 8.40. The summed E-state index contributed by atoms with van der Waals surface area (Å²) in [5.74, 6) is -2.39. The molecule has 0 bridgehead atoms. The summed E-state index contributed by atoms with van der Waals surface area (Å²) in [4.78, 5) is 73.9. The van der Waals surface area contributed by atoms with E-state index < -0.39 is 47.5 Å². The molecule has 268 valence electrons. The minimum absolute atomic E-state index is 0.00613. The van der Waals surface area contributed by atoms with E-state index in [0.29, 0.717) is 18.7 Å². The Hall–Kier alpha value is -4.78. The minimum Gasteiger partial charge on any atom is -0.484 e. The first-order chi connectivity index (χ1) is 23.8. The molecule has 1 aliphatic rings. The van der Waals surface area contributed by atoms with Crippen LogP contribution in [0.1, 0.15) is 56.8 Å². The maximum absolute atomic E-state index is 13.9. The number of amides is 4. The number of hydrogen-bond acceptors (Lipinski definition) is 9. The van der Waals surface area contributed by atoms with Gasteiger partial charge in [-0.3, -0.25) is 24.0 Å². The van der Waals surface area contributed by atoms with Gasteiger partial charge in [0.05, 0.1) is 10.9 Å². The number of carbonyl (C=O) groups is 5. The Labute approximate surface area is 297 Å². The maximum atomic E-state index is 13.9. The highest BCUT2D eigenvalue weighted by atomic mass is 32.1. The summed E-state index contributed by atoms with van der Waals surface area (Å²) in [5.41, 5.74) is 1.83. The minimum atomic E-state index is -1.04. The highest BCUT2D eigenvalue weighted by Crippen LogP contribution is 2.28. The van der Waals surface area contributed by atoms with Crippen LogP contribution in [0, 0.1) is 17.8 Å². The van der Waals surface area contributed by atoms with Crippen LogP contribution in [0.2, 0.25) is 0 Å². The molecule has 1 saturated heterocycles. The summed E-state index contributed by atoms with van der Waals surface area (Å²) < 4.78 is 5.68. The molecule has 2 aromatic carbocycles. The van der Waals surface area contributed by atoms with E-state index in [1.54, 1.807) is 26.1 Å². The fraction of sp³-hybridized carbons (Fsp3) is 0.459. The van der Waals surface area contributed by atoms with Crippen molar-refractivity contribution in [3.05, 3.63) is 65.8 Å². The quantitative estimate of drug-likeness (QED) is 0.155. The number of nitrogens with one attached hydrogen (secondary N) is 4. The van der Waals surface area contributed by atoms with Crippen LogP contribution >= 0.6 is 11.3 Å². The van der Waals surface area contributed by atoms with Gasteiger partial charge in [0.1, 0.15) is 17.8 Å². The number of ether oxygens (including phenoxy) is 1. The molecule has 2 heterocycles. The molecule has 0 spiro atoms. The molecule has 1 fully saturated rings. The van der Waals surface area contributed by atoms with Crippen molar-refractivity contribution in [3.8, 4) is 16.2 Å². The molecule has 13 heteroatoms. The normalized spacial score (nSPS) is 15.9. The second kappa shape index (κ2) is 17.7. The van der Waals surface area contributed by atoms with Gasteiger partial charge in [-0.1, -0.05) is 64.1 Å². The van der Waals surface area contributed by atoms with Crippen molar-refractivity contribution < 1.29 is 28.7 Å². The fourth-order valence-electron chi connectivity index (χ4n) is 5.65. The molecule has 4 atom stereocenters. The number of benzene rings is 2. The Balaban J connectivity index is 1.46. The first-order valence-electron chi connectivity index (χ1n) is 17.0. The molecule has 0 unspecified atom stereocenters. The molecule has 0 aliphatic carbocycles. The molecule has 0 saturated carbocycles. The largest absolute Gasteiger partial charge is 0.484 e. The molecule has 12 nitrogen and oxygen atoms in total. The van der Waals surface area contributed by atoms with Crippen LogP contribution < -0.4 is 30.9 Å². The number of thiazole rings is 1. The van der Waals surface area contributed by atoms with Crippen LogP contribution in [-0.4, -0.2) is 79.8 Å². The van der Waals surface area contributed by atoms with Gasteiger partial charge >= 0.3 is 0 Å². The van der Waals surface area contributed by atoms with E-state index in [2.05, 4.69) is 26.3 Å². The number of aromatic nitrogens is 1. The second-order valence-corrected chi connectivity index (χ2v) is 14.5. The molecular formula is C37H48N6O6S. The van der Waals surface area contributed by atoms with Crippen LogP contribution in [0.3, 0.4) is 0 Å². The summed E-state index contributed by atoms with van der Waals surface area (Å²) in [7, 11) is 3.80. The van der Waals surface area contributed by atoms with Gasteiger partial charge in [0.15, 0.2) is 11.6 Å². The van der Waals surface area contributed by atoms with E-state index in [9.17, 15) is 24.0 Å². The van der Waals surface area contributed by atoms with E-state index in [4.69, 9.17) is 4.74 Å². The van der Waals surface area contributed by atoms with Crippen LogP contribution in [0.15, 0.2) is 60.8 Å². The van der Waals surface area contributed by atoms with Crippen molar-refractivity contribution in [2.45, 2.75) is 65.1 Å². The van der Waals surface area contributed by atoms with Gasteiger partial charge in [0, 0.05) is 44.5 Å². The first kappa shape index (κ1) is 38.0. The number of rotatable bonds is 17. The number of anilines is 1. The van der Waals surface area contributed by atoms with Gasteiger partial charge in [-0.05, 0) is 48.8 Å². The van der Waals surface area contributed by atoms with Crippen LogP contribution in [0.4, 0.5) is 5.69 Å². The summed E-state index contributed by atoms with van der Waals surface area (Å²) in [6, 6.07) is 13.8. The maximum Gasteiger partial charge on any atom is 0.258 e. The van der Waals surface area contributed by atoms with E-state index in [-0.39, 0.29) is 42.2 Å². The van der Waals surface area contributed by atoms with Crippen molar-refractivity contribution in [1.29, 1.82) is 0 Å². The smallest absolute Gasteiger partial charge is 0.258 e. The predicted octanol–water partition coefficient (Wildman–Crippen LogP) is 3.82. The lowest BCUT2D eigenvalue weighted by Gasteiger charge is -2.27. The molecule has 4 N–H and O–H groups in total. The van der Waals surface area contributed by atoms with Crippen molar-refractivity contribution in [2.75, 3.05) is 32.1 Å². The molecule has 50 heavy (non-hydrogen) atoms. The van der Waals surface area contributed by atoms with Crippen LogP contribution in [-0.2, 0) is 19.2 Å². The first-order valence-corrected chi connectivity index (χ1v) is 17.8. The average molecular weight is 705 g/mol.